The lowest BCUT2D eigenvalue weighted by molar-refractivity contribution is 0.0593. The number of phenolic OH excluding ortho intramolecular Hbond substituents is 1. The van der Waals surface area contributed by atoms with Gasteiger partial charge in [-0.05, 0) is 25.3 Å². The Morgan fingerprint density at radius 1 is 1.35 bits per heavy atom. The summed E-state index contributed by atoms with van der Waals surface area (Å²) in [5.41, 5.74) is -0.644. The fourth-order valence-electron chi connectivity index (χ4n) is 2.14. The van der Waals surface area contributed by atoms with Crippen LogP contribution in [0.3, 0.4) is 0 Å². The van der Waals surface area contributed by atoms with Crippen LogP contribution in [0.5, 0.6) is 5.75 Å². The fraction of sp³-hybridized carbons (Fsp3) is 0.462. The Hall–Kier alpha value is -1.24. The van der Waals surface area contributed by atoms with Gasteiger partial charge in [0.1, 0.15) is 0 Å². The lowest BCUT2D eigenvalue weighted by atomic mass is 9.91. The van der Waals surface area contributed by atoms with E-state index in [4.69, 9.17) is 5.11 Å². The molecule has 0 aliphatic heterocycles. The molecule has 0 spiro atoms. The molecule has 20 heavy (non-hydrogen) atoms. The van der Waals surface area contributed by atoms with Crippen LogP contribution < -0.4 is 0 Å². The average molecular weight is 352 g/mol. The zero-order chi connectivity index (χ0) is 14.9. The number of phenols is 1. The van der Waals surface area contributed by atoms with Gasteiger partial charge in [-0.2, -0.15) is 4.39 Å². The summed E-state index contributed by atoms with van der Waals surface area (Å²) in [6.07, 6.45) is 2.58. The summed E-state index contributed by atoms with van der Waals surface area (Å²) in [5.74, 6) is -6.75. The van der Waals surface area contributed by atoms with E-state index in [0.717, 1.165) is 19.3 Å². The number of nitrogens with zero attached hydrogens (tertiary/aromatic N) is 1. The zero-order valence-corrected chi connectivity index (χ0v) is 12.1. The van der Waals surface area contributed by atoms with Gasteiger partial charge >= 0.3 is 0 Å². The molecule has 110 valence electrons. The molecular weight excluding hydrogens is 339 g/mol. The van der Waals surface area contributed by atoms with Crippen molar-refractivity contribution in [3.05, 3.63) is 29.1 Å². The second-order valence-electron chi connectivity index (χ2n) is 4.65. The normalized spacial score (nSPS) is 15.0. The fourth-order valence-corrected chi connectivity index (χ4v) is 2.52. The number of aromatic hydroxyl groups is 1. The molecule has 1 N–H and O–H groups in total. The highest BCUT2D eigenvalue weighted by molar-refractivity contribution is 9.09. The van der Waals surface area contributed by atoms with Crippen molar-refractivity contribution in [1.29, 1.82) is 0 Å². The van der Waals surface area contributed by atoms with Crippen LogP contribution in [-0.2, 0) is 0 Å². The molecule has 0 radical (unpaired) electrons. The van der Waals surface area contributed by atoms with E-state index in [2.05, 4.69) is 15.9 Å². The molecule has 1 aliphatic rings. The highest BCUT2D eigenvalue weighted by Gasteiger charge is 2.32. The molecule has 0 aromatic heterocycles. The van der Waals surface area contributed by atoms with E-state index in [1.54, 1.807) is 0 Å². The van der Waals surface area contributed by atoms with Crippen molar-refractivity contribution < 1.29 is 23.1 Å². The summed E-state index contributed by atoms with van der Waals surface area (Å²) < 4.78 is 40.0. The lowest BCUT2D eigenvalue weighted by Gasteiger charge is -2.37. The van der Waals surface area contributed by atoms with E-state index in [1.807, 2.05) is 0 Å². The van der Waals surface area contributed by atoms with Crippen LogP contribution in [0, 0.1) is 17.5 Å². The summed E-state index contributed by atoms with van der Waals surface area (Å²) >= 11 is 3.20. The predicted molar refractivity (Wildman–Crippen MR) is 70.5 cm³/mol. The summed E-state index contributed by atoms with van der Waals surface area (Å²) in [4.78, 5) is 13.7. The molecule has 1 saturated carbocycles. The number of carbonyl (C=O) groups excluding carboxylic acids is 1. The number of alkyl halides is 1. The van der Waals surface area contributed by atoms with E-state index < -0.39 is 34.7 Å². The molecule has 0 heterocycles. The van der Waals surface area contributed by atoms with Crippen LogP contribution in [0.1, 0.15) is 29.6 Å². The van der Waals surface area contributed by atoms with E-state index in [0.29, 0.717) is 17.9 Å². The number of hydrogen-bond acceptors (Lipinski definition) is 2. The second kappa shape index (κ2) is 6.03. The van der Waals surface area contributed by atoms with Gasteiger partial charge in [-0.3, -0.25) is 4.79 Å². The Kier molecular flexibility index (Phi) is 4.57. The highest BCUT2D eigenvalue weighted by Crippen LogP contribution is 2.30. The van der Waals surface area contributed by atoms with E-state index in [1.165, 1.54) is 4.90 Å². The minimum Gasteiger partial charge on any atom is -0.503 e. The molecule has 0 atom stereocenters. The first-order chi connectivity index (χ1) is 9.47. The Bertz CT molecular complexity index is 535. The van der Waals surface area contributed by atoms with Gasteiger partial charge in [-0.1, -0.05) is 15.9 Å². The maximum absolute atomic E-state index is 13.8. The molecule has 0 unspecified atom stereocenters. The van der Waals surface area contributed by atoms with Crippen LogP contribution in [0.2, 0.25) is 0 Å². The van der Waals surface area contributed by atoms with Crippen molar-refractivity contribution in [2.45, 2.75) is 25.3 Å². The number of carbonyl (C=O) groups is 1. The van der Waals surface area contributed by atoms with Crippen molar-refractivity contribution in [2.24, 2.45) is 0 Å². The molecule has 3 nitrogen and oxygen atoms in total. The quantitative estimate of drug-likeness (QED) is 0.668. The summed E-state index contributed by atoms with van der Waals surface area (Å²) in [5, 5.41) is 9.66. The first-order valence-corrected chi connectivity index (χ1v) is 7.33. The monoisotopic (exact) mass is 351 g/mol. The van der Waals surface area contributed by atoms with Crippen molar-refractivity contribution >= 4 is 21.8 Å². The molecule has 7 heteroatoms. The van der Waals surface area contributed by atoms with Crippen molar-refractivity contribution in [2.75, 3.05) is 11.9 Å². The van der Waals surface area contributed by atoms with Crippen LogP contribution in [0.4, 0.5) is 13.2 Å². The van der Waals surface area contributed by atoms with Gasteiger partial charge in [0, 0.05) is 17.9 Å². The van der Waals surface area contributed by atoms with Crippen molar-refractivity contribution in [3.63, 3.8) is 0 Å². The van der Waals surface area contributed by atoms with Gasteiger partial charge in [0.15, 0.2) is 17.4 Å². The predicted octanol–water partition coefficient (Wildman–Crippen LogP) is 3.20. The Morgan fingerprint density at radius 3 is 2.50 bits per heavy atom. The minimum atomic E-state index is -1.69. The van der Waals surface area contributed by atoms with Crippen LogP contribution in [-0.4, -0.2) is 33.8 Å². The average Bonchev–Trinajstić information content (AvgIpc) is 2.37. The third-order valence-electron chi connectivity index (χ3n) is 3.47. The highest BCUT2D eigenvalue weighted by atomic mass is 79.9. The third kappa shape index (κ3) is 2.63. The summed E-state index contributed by atoms with van der Waals surface area (Å²) in [7, 11) is 0. The van der Waals surface area contributed by atoms with Gasteiger partial charge in [0.25, 0.3) is 5.91 Å². The van der Waals surface area contributed by atoms with Crippen LogP contribution in [0.15, 0.2) is 6.07 Å². The molecule has 1 amide bonds. The smallest absolute Gasteiger partial charge is 0.257 e. The number of halogens is 4. The minimum absolute atomic E-state index is 0.0188. The molecule has 0 bridgehead atoms. The number of rotatable bonds is 4. The van der Waals surface area contributed by atoms with Crippen LogP contribution in [0.25, 0.3) is 0 Å². The largest absolute Gasteiger partial charge is 0.503 e. The standard InChI is InChI=1S/C13H13BrF3NO2/c14-4-5-18(7-2-1-3-7)13(20)8-6-9(15)11(17)12(19)10(8)16/h6-7,19H,1-5H2. The molecule has 0 saturated heterocycles. The Labute approximate surface area is 122 Å². The van der Waals surface area contributed by atoms with Gasteiger partial charge in [-0.25, -0.2) is 8.78 Å². The maximum Gasteiger partial charge on any atom is 0.257 e. The lowest BCUT2D eigenvalue weighted by Crippen LogP contribution is -2.45. The third-order valence-corrected chi connectivity index (χ3v) is 3.82. The molecular formula is C13H13BrF3NO2. The number of benzene rings is 1. The zero-order valence-electron chi connectivity index (χ0n) is 10.5. The number of hydrogen-bond donors (Lipinski definition) is 1. The van der Waals surface area contributed by atoms with Crippen molar-refractivity contribution in [3.8, 4) is 5.75 Å². The van der Waals surface area contributed by atoms with Gasteiger partial charge in [0.2, 0.25) is 5.82 Å². The molecule has 1 aliphatic carbocycles. The molecule has 1 fully saturated rings. The van der Waals surface area contributed by atoms with Gasteiger partial charge in [0.05, 0.1) is 5.56 Å². The van der Waals surface area contributed by atoms with E-state index in [9.17, 15) is 18.0 Å². The molecule has 1 aromatic carbocycles. The van der Waals surface area contributed by atoms with E-state index in [-0.39, 0.29) is 6.04 Å². The van der Waals surface area contributed by atoms with Crippen molar-refractivity contribution in [1.82, 2.24) is 4.90 Å². The summed E-state index contributed by atoms with van der Waals surface area (Å²) in [6.45, 7) is 0.336. The second-order valence-corrected chi connectivity index (χ2v) is 5.45. The van der Waals surface area contributed by atoms with Crippen LogP contribution >= 0.6 is 15.9 Å². The number of amides is 1. The summed E-state index contributed by atoms with van der Waals surface area (Å²) in [6, 6.07) is 0.474. The molecule has 1 aromatic rings. The van der Waals surface area contributed by atoms with Gasteiger partial charge < -0.3 is 10.0 Å². The topological polar surface area (TPSA) is 40.5 Å². The Balaban J connectivity index is 2.36. The van der Waals surface area contributed by atoms with Gasteiger partial charge in [-0.15, -0.1) is 0 Å². The van der Waals surface area contributed by atoms with E-state index >= 15 is 0 Å². The first-order valence-electron chi connectivity index (χ1n) is 6.20. The molecule has 2 rings (SSSR count). The SMILES string of the molecule is O=C(c1cc(F)c(F)c(O)c1F)N(CCBr)C1CCC1. The maximum atomic E-state index is 13.8. The Morgan fingerprint density at radius 2 is 2.00 bits per heavy atom. The first kappa shape index (κ1) is 15.2.